The van der Waals surface area contributed by atoms with E-state index in [0.29, 0.717) is 22.2 Å². The van der Waals surface area contributed by atoms with Gasteiger partial charge in [0.2, 0.25) is 0 Å². The lowest BCUT2D eigenvalue weighted by Gasteiger charge is -2.27. The van der Waals surface area contributed by atoms with Gasteiger partial charge < -0.3 is 14.7 Å². The van der Waals surface area contributed by atoms with Crippen LogP contribution in [0.15, 0.2) is 78.6 Å². The Labute approximate surface area is 184 Å². The number of halogens is 2. The molecule has 1 unspecified atom stereocenters. The summed E-state index contributed by atoms with van der Waals surface area (Å²) in [6.07, 6.45) is 0. The Kier molecular flexibility index (Phi) is 5.71. The van der Waals surface area contributed by atoms with Gasteiger partial charge in [0.1, 0.15) is 5.75 Å². The van der Waals surface area contributed by atoms with E-state index in [0.717, 1.165) is 22.4 Å². The van der Waals surface area contributed by atoms with Gasteiger partial charge in [-0.25, -0.2) is 0 Å². The largest absolute Gasteiger partial charge is 0.503 e. The molecule has 152 valence electrons. The van der Waals surface area contributed by atoms with Gasteiger partial charge in [-0.1, -0.05) is 59.6 Å². The number of hydrogen-bond acceptors (Lipinski definition) is 3. The predicted molar refractivity (Wildman–Crippen MR) is 119 cm³/mol. The van der Waals surface area contributed by atoms with E-state index in [1.807, 2.05) is 36.4 Å². The third kappa shape index (κ3) is 3.89. The summed E-state index contributed by atoms with van der Waals surface area (Å²) in [6, 6.07) is 21.4. The van der Waals surface area contributed by atoms with Crippen molar-refractivity contribution < 1.29 is 14.6 Å². The van der Waals surface area contributed by atoms with Crippen molar-refractivity contribution in [2.45, 2.75) is 12.6 Å². The Morgan fingerprint density at radius 1 is 0.900 bits per heavy atom. The number of carbonyl (C=O) groups excluding carboxylic acids is 1. The quantitative estimate of drug-likeness (QED) is 0.525. The van der Waals surface area contributed by atoms with Gasteiger partial charge >= 0.3 is 0 Å². The molecule has 3 aromatic rings. The Balaban J connectivity index is 1.77. The van der Waals surface area contributed by atoms with Crippen molar-refractivity contribution in [3.05, 3.63) is 105 Å². The maximum absolute atomic E-state index is 13.1. The number of ether oxygens (including phenoxy) is 1. The first-order valence-electron chi connectivity index (χ1n) is 9.36. The van der Waals surface area contributed by atoms with Crippen LogP contribution in [0.1, 0.15) is 22.7 Å². The first-order chi connectivity index (χ1) is 14.5. The molecular weight excluding hydrogens is 421 g/mol. The minimum atomic E-state index is -0.460. The molecule has 0 aliphatic carbocycles. The van der Waals surface area contributed by atoms with E-state index in [4.69, 9.17) is 27.9 Å². The molecule has 1 N–H and O–H groups in total. The monoisotopic (exact) mass is 439 g/mol. The lowest BCUT2D eigenvalue weighted by atomic mass is 9.93. The number of aliphatic hydroxyl groups is 1. The summed E-state index contributed by atoms with van der Waals surface area (Å²) in [5.74, 6) is 0.0603. The van der Waals surface area contributed by atoms with Gasteiger partial charge in [0, 0.05) is 22.2 Å². The average Bonchev–Trinajstić information content (AvgIpc) is 3.00. The van der Waals surface area contributed by atoms with E-state index in [1.165, 1.54) is 0 Å². The van der Waals surface area contributed by atoms with Crippen molar-refractivity contribution in [3.8, 4) is 5.75 Å². The van der Waals surface area contributed by atoms with Crippen LogP contribution in [0, 0.1) is 0 Å². The molecule has 6 heteroatoms. The van der Waals surface area contributed by atoms with Gasteiger partial charge in [0.25, 0.3) is 5.91 Å². The smallest absolute Gasteiger partial charge is 0.290 e. The molecule has 0 radical (unpaired) electrons. The molecule has 0 saturated carbocycles. The van der Waals surface area contributed by atoms with Gasteiger partial charge in [0.15, 0.2) is 5.76 Å². The lowest BCUT2D eigenvalue weighted by molar-refractivity contribution is -0.130. The average molecular weight is 440 g/mol. The summed E-state index contributed by atoms with van der Waals surface area (Å²) >= 11 is 12.1. The molecule has 1 amide bonds. The Bertz CT molecular complexity index is 1090. The number of methoxy groups -OCH3 is 1. The highest BCUT2D eigenvalue weighted by molar-refractivity contribution is 6.30. The summed E-state index contributed by atoms with van der Waals surface area (Å²) < 4.78 is 5.21. The van der Waals surface area contributed by atoms with Crippen molar-refractivity contribution in [3.63, 3.8) is 0 Å². The molecule has 1 aliphatic heterocycles. The van der Waals surface area contributed by atoms with E-state index in [2.05, 4.69) is 0 Å². The number of benzene rings is 3. The predicted octanol–water partition coefficient (Wildman–Crippen LogP) is 6.05. The maximum Gasteiger partial charge on any atom is 0.290 e. The fourth-order valence-corrected chi connectivity index (χ4v) is 3.91. The summed E-state index contributed by atoms with van der Waals surface area (Å²) in [5.41, 5.74) is 3.07. The second-order valence-electron chi connectivity index (χ2n) is 7.00. The first kappa shape index (κ1) is 20.3. The van der Waals surface area contributed by atoms with Gasteiger partial charge in [-0.2, -0.15) is 0 Å². The summed E-state index contributed by atoms with van der Waals surface area (Å²) in [4.78, 5) is 14.7. The zero-order valence-corrected chi connectivity index (χ0v) is 17.7. The SMILES string of the molecule is COc1ccc(CN2C(=O)C(O)=C(c3ccc(Cl)cc3)C2c2ccc(Cl)cc2)cc1. The highest BCUT2D eigenvalue weighted by Gasteiger charge is 2.40. The Hall–Kier alpha value is -2.95. The van der Waals surface area contributed by atoms with Crippen LogP contribution in [-0.2, 0) is 11.3 Å². The van der Waals surface area contributed by atoms with Crippen LogP contribution in [0.2, 0.25) is 10.0 Å². The lowest BCUT2D eigenvalue weighted by Crippen LogP contribution is -2.29. The van der Waals surface area contributed by atoms with Crippen LogP contribution >= 0.6 is 23.2 Å². The number of aliphatic hydroxyl groups excluding tert-OH is 1. The second-order valence-corrected chi connectivity index (χ2v) is 7.88. The molecule has 1 aliphatic rings. The molecule has 0 aromatic heterocycles. The molecule has 4 nitrogen and oxygen atoms in total. The number of nitrogens with zero attached hydrogens (tertiary/aromatic N) is 1. The van der Waals surface area contributed by atoms with Crippen molar-refractivity contribution in [1.29, 1.82) is 0 Å². The van der Waals surface area contributed by atoms with Crippen LogP contribution < -0.4 is 4.74 Å². The minimum absolute atomic E-state index is 0.259. The van der Waals surface area contributed by atoms with Gasteiger partial charge in [-0.15, -0.1) is 0 Å². The normalized spacial score (nSPS) is 16.3. The highest BCUT2D eigenvalue weighted by atomic mass is 35.5. The second kappa shape index (κ2) is 8.42. The minimum Gasteiger partial charge on any atom is -0.503 e. The highest BCUT2D eigenvalue weighted by Crippen LogP contribution is 2.44. The van der Waals surface area contributed by atoms with Gasteiger partial charge in [-0.3, -0.25) is 4.79 Å². The third-order valence-corrected chi connectivity index (χ3v) is 5.66. The molecule has 0 bridgehead atoms. The third-order valence-electron chi connectivity index (χ3n) is 5.16. The molecule has 3 aromatic carbocycles. The van der Waals surface area contributed by atoms with Crippen LogP contribution in [0.4, 0.5) is 0 Å². The molecule has 30 heavy (non-hydrogen) atoms. The van der Waals surface area contributed by atoms with Gasteiger partial charge in [-0.05, 0) is 53.1 Å². The molecule has 4 rings (SSSR count). The van der Waals surface area contributed by atoms with E-state index in [1.54, 1.807) is 48.4 Å². The number of amides is 1. The van der Waals surface area contributed by atoms with Crippen molar-refractivity contribution in [2.75, 3.05) is 7.11 Å². The fraction of sp³-hybridized carbons (Fsp3) is 0.125. The number of rotatable bonds is 5. The maximum atomic E-state index is 13.1. The Morgan fingerprint density at radius 3 is 2.03 bits per heavy atom. The zero-order valence-electron chi connectivity index (χ0n) is 16.2. The first-order valence-corrected chi connectivity index (χ1v) is 10.1. The molecule has 1 atom stereocenters. The summed E-state index contributed by atoms with van der Waals surface area (Å²) in [5, 5.41) is 12.0. The van der Waals surface area contributed by atoms with Crippen molar-refractivity contribution in [2.24, 2.45) is 0 Å². The van der Waals surface area contributed by atoms with Crippen LogP contribution in [0.5, 0.6) is 5.75 Å². The summed E-state index contributed by atoms with van der Waals surface area (Å²) in [7, 11) is 1.61. The summed E-state index contributed by atoms with van der Waals surface area (Å²) in [6.45, 7) is 0.331. The molecule has 0 saturated heterocycles. The van der Waals surface area contributed by atoms with E-state index >= 15 is 0 Å². The van der Waals surface area contributed by atoms with Crippen molar-refractivity contribution >= 4 is 34.7 Å². The Morgan fingerprint density at radius 2 is 1.47 bits per heavy atom. The fourth-order valence-electron chi connectivity index (χ4n) is 3.66. The van der Waals surface area contributed by atoms with Crippen molar-refractivity contribution in [1.82, 2.24) is 4.90 Å². The van der Waals surface area contributed by atoms with Gasteiger partial charge in [0.05, 0.1) is 13.2 Å². The van der Waals surface area contributed by atoms with Crippen LogP contribution in [0.25, 0.3) is 5.57 Å². The molecule has 0 spiro atoms. The van der Waals surface area contributed by atoms with Crippen LogP contribution in [-0.4, -0.2) is 23.0 Å². The molecule has 1 heterocycles. The number of carbonyl (C=O) groups is 1. The molecule has 0 fully saturated rings. The van der Waals surface area contributed by atoms with Crippen LogP contribution in [0.3, 0.4) is 0 Å². The van der Waals surface area contributed by atoms with E-state index in [9.17, 15) is 9.90 Å². The topological polar surface area (TPSA) is 49.8 Å². The van der Waals surface area contributed by atoms with E-state index in [-0.39, 0.29) is 5.76 Å². The standard InChI is InChI=1S/C24H19Cl2NO3/c1-30-20-12-2-15(3-13-20)14-27-22(17-6-10-19(26)11-7-17)21(23(28)24(27)29)16-4-8-18(25)9-5-16/h2-13,22,28H,14H2,1H3. The molecular formula is C24H19Cl2NO3. The number of hydrogen-bond donors (Lipinski definition) is 1. The van der Waals surface area contributed by atoms with E-state index < -0.39 is 11.9 Å². The zero-order chi connectivity index (χ0) is 21.3.